The molecular formula is C15H10ClN3O2. The molecule has 3 aromatic rings. The van der Waals surface area contributed by atoms with E-state index in [9.17, 15) is 0 Å². The molecule has 0 spiro atoms. The van der Waals surface area contributed by atoms with Gasteiger partial charge in [-0.15, -0.1) is 0 Å². The first-order chi connectivity index (χ1) is 10.3. The maximum atomic E-state index is 5.92. The Labute approximate surface area is 125 Å². The van der Waals surface area contributed by atoms with Crippen molar-refractivity contribution in [3.8, 4) is 28.6 Å². The van der Waals surface area contributed by atoms with Crippen molar-refractivity contribution < 1.29 is 9.47 Å². The first-order valence-electron chi connectivity index (χ1n) is 6.37. The Balaban J connectivity index is 1.80. The van der Waals surface area contributed by atoms with Crippen LogP contribution in [0.2, 0.25) is 5.02 Å². The minimum absolute atomic E-state index is 0.253. The summed E-state index contributed by atoms with van der Waals surface area (Å²) in [6.45, 7) is 0.253. The summed E-state index contributed by atoms with van der Waals surface area (Å²) < 4.78 is 12.5. The van der Waals surface area contributed by atoms with E-state index in [1.54, 1.807) is 4.68 Å². The maximum absolute atomic E-state index is 5.92. The molecule has 0 aliphatic carbocycles. The number of ether oxygens (including phenoxy) is 2. The van der Waals surface area contributed by atoms with Crippen LogP contribution in [0.1, 0.15) is 0 Å². The highest BCUT2D eigenvalue weighted by molar-refractivity contribution is 6.30. The number of rotatable bonds is 2. The zero-order valence-electron chi connectivity index (χ0n) is 10.9. The lowest BCUT2D eigenvalue weighted by Crippen LogP contribution is -1.99. The van der Waals surface area contributed by atoms with Crippen molar-refractivity contribution in [1.29, 1.82) is 0 Å². The summed E-state index contributed by atoms with van der Waals surface area (Å²) in [5.41, 5.74) is 1.80. The van der Waals surface area contributed by atoms with E-state index in [1.165, 1.54) is 6.33 Å². The third-order valence-electron chi connectivity index (χ3n) is 3.25. The monoisotopic (exact) mass is 299 g/mol. The second-order valence-electron chi connectivity index (χ2n) is 4.54. The molecule has 6 heteroatoms. The molecule has 1 aliphatic rings. The van der Waals surface area contributed by atoms with Crippen LogP contribution in [0.25, 0.3) is 17.1 Å². The van der Waals surface area contributed by atoms with Gasteiger partial charge in [-0.25, -0.2) is 9.67 Å². The standard InChI is InChI=1S/C15H10ClN3O2/c16-11-2-4-12(5-3-11)19-15(17-8-18-19)10-1-6-13-14(7-10)21-9-20-13/h1-8H,9H2. The van der Waals surface area contributed by atoms with Crippen molar-refractivity contribution in [2.45, 2.75) is 0 Å². The smallest absolute Gasteiger partial charge is 0.231 e. The minimum atomic E-state index is 0.253. The van der Waals surface area contributed by atoms with Gasteiger partial charge in [0.05, 0.1) is 5.69 Å². The summed E-state index contributed by atoms with van der Waals surface area (Å²) >= 11 is 5.92. The van der Waals surface area contributed by atoms with Gasteiger partial charge in [-0.1, -0.05) is 11.6 Å². The third-order valence-corrected chi connectivity index (χ3v) is 3.50. The van der Waals surface area contributed by atoms with Crippen LogP contribution in [0, 0.1) is 0 Å². The molecule has 5 nitrogen and oxygen atoms in total. The van der Waals surface area contributed by atoms with Gasteiger partial charge in [-0.05, 0) is 42.5 Å². The molecule has 0 saturated carbocycles. The van der Waals surface area contributed by atoms with Gasteiger partial charge >= 0.3 is 0 Å². The van der Waals surface area contributed by atoms with Crippen LogP contribution < -0.4 is 9.47 Å². The zero-order valence-corrected chi connectivity index (χ0v) is 11.6. The van der Waals surface area contributed by atoms with Crippen molar-refractivity contribution in [3.63, 3.8) is 0 Å². The van der Waals surface area contributed by atoms with Crippen LogP contribution >= 0.6 is 11.6 Å². The Morgan fingerprint density at radius 2 is 1.81 bits per heavy atom. The maximum Gasteiger partial charge on any atom is 0.231 e. The van der Waals surface area contributed by atoms with E-state index in [0.717, 1.165) is 28.6 Å². The fourth-order valence-electron chi connectivity index (χ4n) is 2.25. The molecule has 21 heavy (non-hydrogen) atoms. The summed E-state index contributed by atoms with van der Waals surface area (Å²) in [6, 6.07) is 13.1. The first kappa shape index (κ1) is 12.2. The Hall–Kier alpha value is -2.53. The average Bonchev–Trinajstić information content (AvgIpc) is 3.16. The van der Waals surface area contributed by atoms with Crippen LogP contribution in [-0.2, 0) is 0 Å². The Bertz CT molecular complexity index is 799. The van der Waals surface area contributed by atoms with E-state index in [4.69, 9.17) is 21.1 Å². The van der Waals surface area contributed by atoms with Crippen LogP contribution in [0.5, 0.6) is 11.5 Å². The Kier molecular flexibility index (Phi) is 2.79. The lowest BCUT2D eigenvalue weighted by Gasteiger charge is -2.07. The summed E-state index contributed by atoms with van der Waals surface area (Å²) in [4.78, 5) is 4.33. The number of hydrogen-bond donors (Lipinski definition) is 0. The van der Waals surface area contributed by atoms with Gasteiger partial charge in [-0.3, -0.25) is 0 Å². The lowest BCUT2D eigenvalue weighted by atomic mass is 10.2. The molecule has 0 fully saturated rings. The molecule has 0 unspecified atom stereocenters. The molecule has 0 bridgehead atoms. The van der Waals surface area contributed by atoms with Crippen molar-refractivity contribution in [1.82, 2.24) is 14.8 Å². The van der Waals surface area contributed by atoms with Crippen molar-refractivity contribution in [3.05, 3.63) is 53.8 Å². The van der Waals surface area contributed by atoms with E-state index in [1.807, 2.05) is 42.5 Å². The van der Waals surface area contributed by atoms with Gasteiger partial charge < -0.3 is 9.47 Å². The van der Waals surface area contributed by atoms with Crippen LogP contribution in [0.4, 0.5) is 0 Å². The van der Waals surface area contributed by atoms with Crippen LogP contribution in [0.15, 0.2) is 48.8 Å². The van der Waals surface area contributed by atoms with Gasteiger partial charge in [0.1, 0.15) is 6.33 Å². The van der Waals surface area contributed by atoms with Crippen molar-refractivity contribution in [2.24, 2.45) is 0 Å². The second kappa shape index (κ2) is 4.79. The third kappa shape index (κ3) is 2.11. The Morgan fingerprint density at radius 3 is 2.67 bits per heavy atom. The van der Waals surface area contributed by atoms with E-state index in [0.29, 0.717) is 5.02 Å². The van der Waals surface area contributed by atoms with Crippen molar-refractivity contribution in [2.75, 3.05) is 6.79 Å². The molecule has 0 amide bonds. The van der Waals surface area contributed by atoms with Crippen molar-refractivity contribution >= 4 is 11.6 Å². The van der Waals surface area contributed by atoms with E-state index in [2.05, 4.69) is 10.1 Å². The number of halogens is 1. The first-order valence-corrected chi connectivity index (χ1v) is 6.75. The highest BCUT2D eigenvalue weighted by Gasteiger charge is 2.16. The number of aromatic nitrogens is 3. The van der Waals surface area contributed by atoms with Gasteiger partial charge in [0.2, 0.25) is 6.79 Å². The predicted molar refractivity (Wildman–Crippen MR) is 77.9 cm³/mol. The van der Waals surface area contributed by atoms with E-state index < -0.39 is 0 Å². The lowest BCUT2D eigenvalue weighted by molar-refractivity contribution is 0.174. The zero-order chi connectivity index (χ0) is 14.2. The highest BCUT2D eigenvalue weighted by atomic mass is 35.5. The molecule has 4 rings (SSSR count). The fourth-order valence-corrected chi connectivity index (χ4v) is 2.37. The molecule has 2 aromatic carbocycles. The summed E-state index contributed by atoms with van der Waals surface area (Å²) in [5.74, 6) is 2.20. The Morgan fingerprint density at radius 1 is 1.00 bits per heavy atom. The molecule has 1 aliphatic heterocycles. The highest BCUT2D eigenvalue weighted by Crippen LogP contribution is 2.35. The number of hydrogen-bond acceptors (Lipinski definition) is 4. The molecule has 1 aromatic heterocycles. The molecule has 0 atom stereocenters. The van der Waals surface area contributed by atoms with E-state index >= 15 is 0 Å². The average molecular weight is 300 g/mol. The summed E-state index contributed by atoms with van der Waals surface area (Å²) in [7, 11) is 0. The van der Waals surface area contributed by atoms with Crippen LogP contribution in [-0.4, -0.2) is 21.6 Å². The van der Waals surface area contributed by atoms with Crippen LogP contribution in [0.3, 0.4) is 0 Å². The summed E-state index contributed by atoms with van der Waals surface area (Å²) in [6.07, 6.45) is 1.52. The predicted octanol–water partition coefficient (Wildman–Crippen LogP) is 3.32. The topological polar surface area (TPSA) is 49.2 Å². The quantitative estimate of drug-likeness (QED) is 0.728. The van der Waals surface area contributed by atoms with Gasteiger partial charge in [0, 0.05) is 10.6 Å². The molecule has 0 N–H and O–H groups in total. The molecule has 2 heterocycles. The van der Waals surface area contributed by atoms with Gasteiger partial charge in [-0.2, -0.15) is 5.10 Å². The molecule has 104 valence electrons. The van der Waals surface area contributed by atoms with Gasteiger partial charge in [0.15, 0.2) is 17.3 Å². The molecular weight excluding hydrogens is 290 g/mol. The molecule has 0 saturated heterocycles. The second-order valence-corrected chi connectivity index (χ2v) is 4.98. The van der Waals surface area contributed by atoms with Gasteiger partial charge in [0.25, 0.3) is 0 Å². The number of benzene rings is 2. The fraction of sp³-hybridized carbons (Fsp3) is 0.0667. The summed E-state index contributed by atoms with van der Waals surface area (Å²) in [5, 5.41) is 4.96. The van der Waals surface area contributed by atoms with E-state index in [-0.39, 0.29) is 6.79 Å². The largest absolute Gasteiger partial charge is 0.454 e. The number of nitrogens with zero attached hydrogens (tertiary/aromatic N) is 3. The SMILES string of the molecule is Clc1ccc(-n2ncnc2-c2ccc3c(c2)OCO3)cc1. The molecule has 0 radical (unpaired) electrons. The minimum Gasteiger partial charge on any atom is -0.454 e. The number of fused-ring (bicyclic) bond motifs is 1. The normalized spacial score (nSPS) is 12.6.